The Labute approximate surface area is 185 Å². The van der Waals surface area contributed by atoms with Crippen molar-refractivity contribution in [2.45, 2.75) is 65.5 Å². The Morgan fingerprint density at radius 2 is 1.97 bits per heavy atom. The fourth-order valence-electron chi connectivity index (χ4n) is 4.71. The SMILES string of the molecule is Cc1nnc(CN=C(NCC(C)(C)C2CCCC2)NC2CCOc3ccccc32)n1C. The highest BCUT2D eigenvalue weighted by molar-refractivity contribution is 5.80. The van der Waals surface area contributed by atoms with Gasteiger partial charge in [0.2, 0.25) is 0 Å². The summed E-state index contributed by atoms with van der Waals surface area (Å²) in [4.78, 5) is 4.90. The molecule has 2 N–H and O–H groups in total. The highest BCUT2D eigenvalue weighted by Crippen LogP contribution is 2.39. The second-order valence-corrected chi connectivity index (χ2v) is 9.58. The van der Waals surface area contributed by atoms with E-state index in [0.29, 0.717) is 13.2 Å². The van der Waals surface area contributed by atoms with Crippen molar-refractivity contribution in [2.24, 2.45) is 23.4 Å². The molecule has 7 nitrogen and oxygen atoms in total. The van der Waals surface area contributed by atoms with Crippen LogP contribution in [-0.4, -0.2) is 33.9 Å². The van der Waals surface area contributed by atoms with Crippen molar-refractivity contribution >= 4 is 5.96 Å². The minimum absolute atomic E-state index is 0.173. The third-order valence-corrected chi connectivity index (χ3v) is 7.00. The van der Waals surface area contributed by atoms with Crippen LogP contribution in [0.15, 0.2) is 29.3 Å². The molecule has 1 atom stereocenters. The Hall–Kier alpha value is -2.57. The van der Waals surface area contributed by atoms with E-state index in [4.69, 9.17) is 9.73 Å². The lowest BCUT2D eigenvalue weighted by Gasteiger charge is -2.33. The summed E-state index contributed by atoms with van der Waals surface area (Å²) in [6.07, 6.45) is 6.29. The van der Waals surface area contributed by atoms with E-state index in [2.05, 4.69) is 46.8 Å². The number of hydrogen-bond acceptors (Lipinski definition) is 4. The predicted molar refractivity (Wildman–Crippen MR) is 123 cm³/mol. The molecule has 1 saturated carbocycles. The van der Waals surface area contributed by atoms with Crippen molar-refractivity contribution in [3.63, 3.8) is 0 Å². The molecule has 1 aromatic heterocycles. The normalized spacial score (nSPS) is 19.7. The molecule has 0 radical (unpaired) electrons. The molecule has 0 bridgehead atoms. The summed E-state index contributed by atoms with van der Waals surface area (Å²) in [5.74, 6) is 4.31. The van der Waals surface area contributed by atoms with Crippen LogP contribution in [0.4, 0.5) is 0 Å². The average Bonchev–Trinajstić information content (AvgIpc) is 3.42. The van der Waals surface area contributed by atoms with Crippen molar-refractivity contribution in [1.82, 2.24) is 25.4 Å². The molecule has 1 aliphatic heterocycles. The maximum Gasteiger partial charge on any atom is 0.192 e. The van der Waals surface area contributed by atoms with Gasteiger partial charge in [-0.05, 0) is 37.2 Å². The van der Waals surface area contributed by atoms with Gasteiger partial charge in [-0.15, -0.1) is 10.2 Å². The number of benzene rings is 1. The zero-order chi connectivity index (χ0) is 21.8. The van der Waals surface area contributed by atoms with E-state index in [9.17, 15) is 0 Å². The van der Waals surface area contributed by atoms with E-state index >= 15 is 0 Å². The molecule has 1 aromatic carbocycles. The van der Waals surface area contributed by atoms with Crippen molar-refractivity contribution < 1.29 is 4.74 Å². The van der Waals surface area contributed by atoms with Gasteiger partial charge in [0.05, 0.1) is 12.6 Å². The Morgan fingerprint density at radius 1 is 1.19 bits per heavy atom. The Bertz CT molecular complexity index is 913. The summed E-state index contributed by atoms with van der Waals surface area (Å²) in [6, 6.07) is 8.44. The number of guanidine groups is 1. The van der Waals surface area contributed by atoms with Crippen LogP contribution in [-0.2, 0) is 13.6 Å². The van der Waals surface area contributed by atoms with Gasteiger partial charge < -0.3 is 19.9 Å². The van der Waals surface area contributed by atoms with Gasteiger partial charge in [0.25, 0.3) is 0 Å². The molecular formula is C24H36N6O. The van der Waals surface area contributed by atoms with Crippen LogP contribution in [0.1, 0.15) is 69.2 Å². The molecular weight excluding hydrogens is 388 g/mol. The summed E-state index contributed by atoms with van der Waals surface area (Å²) in [7, 11) is 1.98. The molecule has 0 spiro atoms. The molecule has 2 heterocycles. The van der Waals surface area contributed by atoms with Crippen LogP contribution < -0.4 is 15.4 Å². The molecule has 168 valence electrons. The smallest absolute Gasteiger partial charge is 0.192 e. The lowest BCUT2D eigenvalue weighted by molar-refractivity contribution is 0.217. The van der Waals surface area contributed by atoms with E-state index in [1.54, 1.807) is 0 Å². The minimum Gasteiger partial charge on any atom is -0.493 e. The van der Waals surface area contributed by atoms with Gasteiger partial charge in [-0.1, -0.05) is 44.9 Å². The molecule has 1 fully saturated rings. The second-order valence-electron chi connectivity index (χ2n) is 9.58. The van der Waals surface area contributed by atoms with Crippen LogP contribution in [0.3, 0.4) is 0 Å². The topological polar surface area (TPSA) is 76.4 Å². The van der Waals surface area contributed by atoms with Gasteiger partial charge in [-0.25, -0.2) is 4.99 Å². The Morgan fingerprint density at radius 3 is 2.71 bits per heavy atom. The monoisotopic (exact) mass is 424 g/mol. The molecule has 2 aliphatic rings. The zero-order valence-electron chi connectivity index (χ0n) is 19.3. The molecule has 0 saturated heterocycles. The number of para-hydroxylation sites is 1. The number of nitrogens with one attached hydrogen (secondary N) is 2. The minimum atomic E-state index is 0.173. The lowest BCUT2D eigenvalue weighted by atomic mass is 9.78. The van der Waals surface area contributed by atoms with Gasteiger partial charge in [0, 0.05) is 25.6 Å². The number of aromatic nitrogens is 3. The summed E-state index contributed by atoms with van der Waals surface area (Å²) in [5, 5.41) is 15.8. The third-order valence-electron chi connectivity index (χ3n) is 7.00. The number of rotatable bonds is 6. The van der Waals surface area contributed by atoms with Crippen LogP contribution in [0, 0.1) is 18.3 Å². The van der Waals surface area contributed by atoms with E-state index in [1.165, 1.54) is 31.2 Å². The maximum atomic E-state index is 5.84. The molecule has 31 heavy (non-hydrogen) atoms. The first-order chi connectivity index (χ1) is 14.9. The van der Waals surface area contributed by atoms with Gasteiger partial charge in [0.1, 0.15) is 18.1 Å². The predicted octanol–water partition coefficient (Wildman–Crippen LogP) is 3.90. The Balaban J connectivity index is 1.51. The van der Waals surface area contributed by atoms with Crippen LogP contribution in [0.5, 0.6) is 5.75 Å². The molecule has 7 heteroatoms. The summed E-state index contributed by atoms with van der Waals surface area (Å²) in [5.41, 5.74) is 1.42. The highest BCUT2D eigenvalue weighted by Gasteiger charge is 2.32. The fraction of sp³-hybridized carbons (Fsp3) is 0.625. The molecule has 4 rings (SSSR count). The van der Waals surface area contributed by atoms with E-state index in [0.717, 1.165) is 42.2 Å². The van der Waals surface area contributed by atoms with Crippen molar-refractivity contribution in [3.05, 3.63) is 41.5 Å². The fourth-order valence-corrected chi connectivity index (χ4v) is 4.71. The number of aryl methyl sites for hydroxylation is 1. The number of ether oxygens (including phenoxy) is 1. The van der Waals surface area contributed by atoms with Crippen molar-refractivity contribution in [2.75, 3.05) is 13.2 Å². The van der Waals surface area contributed by atoms with Crippen LogP contribution in [0.2, 0.25) is 0 Å². The van der Waals surface area contributed by atoms with Crippen LogP contribution >= 0.6 is 0 Å². The third kappa shape index (κ3) is 5.02. The first-order valence-electron chi connectivity index (χ1n) is 11.6. The first kappa shape index (κ1) is 21.7. The molecule has 1 aliphatic carbocycles. The quantitative estimate of drug-likeness (QED) is 0.543. The van der Waals surface area contributed by atoms with Crippen LogP contribution in [0.25, 0.3) is 0 Å². The summed E-state index contributed by atoms with van der Waals surface area (Å²) in [6.45, 7) is 8.80. The molecule has 1 unspecified atom stereocenters. The van der Waals surface area contributed by atoms with Gasteiger partial charge in [-0.3, -0.25) is 0 Å². The zero-order valence-corrected chi connectivity index (χ0v) is 19.3. The maximum absolute atomic E-state index is 5.84. The number of nitrogens with zero attached hydrogens (tertiary/aromatic N) is 4. The highest BCUT2D eigenvalue weighted by atomic mass is 16.5. The van der Waals surface area contributed by atoms with Gasteiger partial charge in [-0.2, -0.15) is 0 Å². The number of hydrogen-bond donors (Lipinski definition) is 2. The first-order valence-corrected chi connectivity index (χ1v) is 11.6. The van der Waals surface area contributed by atoms with Gasteiger partial charge in [0.15, 0.2) is 11.8 Å². The Kier molecular flexibility index (Phi) is 6.49. The van der Waals surface area contributed by atoms with Crippen molar-refractivity contribution in [1.29, 1.82) is 0 Å². The molecule has 2 aromatic rings. The lowest BCUT2D eigenvalue weighted by Crippen LogP contribution is -2.46. The van der Waals surface area contributed by atoms with E-state index in [-0.39, 0.29) is 11.5 Å². The van der Waals surface area contributed by atoms with E-state index in [1.807, 2.05) is 30.7 Å². The summed E-state index contributed by atoms with van der Waals surface area (Å²) >= 11 is 0. The number of fused-ring (bicyclic) bond motifs is 1. The molecule has 0 amide bonds. The van der Waals surface area contributed by atoms with Crippen molar-refractivity contribution in [3.8, 4) is 5.75 Å². The second kappa shape index (κ2) is 9.28. The van der Waals surface area contributed by atoms with E-state index < -0.39 is 0 Å². The number of aliphatic imine (C=N–C) groups is 1. The van der Waals surface area contributed by atoms with Gasteiger partial charge >= 0.3 is 0 Å². The standard InChI is InChI=1S/C24H36N6O/c1-17-28-29-22(30(17)4)15-25-23(26-16-24(2,3)18-9-5-6-10-18)27-20-13-14-31-21-12-8-7-11-19(20)21/h7-8,11-12,18,20H,5-6,9-10,13-16H2,1-4H3,(H2,25,26,27). The summed E-state index contributed by atoms with van der Waals surface area (Å²) < 4.78 is 7.84. The average molecular weight is 425 g/mol. The largest absolute Gasteiger partial charge is 0.493 e.